The SMILES string of the molecule is CN.N=CN.[I][PbH]([I])[I]. The monoisotopic (exact) mass is 665 g/mol. The number of nitrogens with one attached hydrogen (secondary N) is 1. The van der Waals surface area contributed by atoms with Crippen molar-refractivity contribution < 1.29 is 0 Å². The zero-order chi connectivity index (χ0) is 8.28. The van der Waals surface area contributed by atoms with E-state index in [0.29, 0.717) is 0 Å². The summed E-state index contributed by atoms with van der Waals surface area (Å²) in [6.45, 7) is 0. The van der Waals surface area contributed by atoms with E-state index >= 15 is 0 Å². The fraction of sp³-hybridized carbons (Fsp3) is 0.500. The standard InChI is InChI=1S/CH4N2.CH5N.3HI.Pb.H/c2-1-3;1-2;;;;;/h1H,(H3,2,3);2H2,1H3;3*1H;;/q;;;;;+3;/p-3. The molecule has 0 unspecified atom stereocenters. The van der Waals surface area contributed by atoms with Crippen LogP contribution in [0.3, 0.4) is 0 Å². The molecular weight excluding hydrogens is 654 g/mol. The van der Waals surface area contributed by atoms with Gasteiger partial charge >= 0.3 is 63.1 Å². The van der Waals surface area contributed by atoms with Gasteiger partial charge in [-0.05, 0) is 7.05 Å². The Balaban J connectivity index is -0.0000000646. The predicted octanol–water partition coefficient (Wildman–Crippen LogP) is 1.14. The van der Waals surface area contributed by atoms with Crippen molar-refractivity contribution in [1.29, 1.82) is 5.41 Å². The molecule has 0 rings (SSSR count). The van der Waals surface area contributed by atoms with Gasteiger partial charge in [0.05, 0.1) is 6.34 Å². The minimum absolute atomic E-state index is 0.750. The van der Waals surface area contributed by atoms with Crippen molar-refractivity contribution in [2.45, 2.75) is 0 Å². The normalized spacial score (nSPS) is 6.00. The van der Waals surface area contributed by atoms with Gasteiger partial charge in [-0.3, -0.25) is 5.41 Å². The first-order chi connectivity index (χ1) is 4.15. The summed E-state index contributed by atoms with van der Waals surface area (Å²) in [5.41, 5.74) is 8.89. The van der Waals surface area contributed by atoms with Gasteiger partial charge in [-0.2, -0.15) is 0 Å². The maximum atomic E-state index is 5.86. The number of hydrogen-bond donors (Lipinski definition) is 3. The minimum atomic E-state index is -0.812. The molecule has 0 bridgehead atoms. The van der Waals surface area contributed by atoms with Gasteiger partial charge in [0.15, 0.2) is 0 Å². The Kier molecular flexibility index (Phi) is 43.8. The van der Waals surface area contributed by atoms with E-state index in [1.54, 1.807) is 0 Å². The first-order valence-electron chi connectivity index (χ1n) is 1.85. The molecule has 0 aromatic rings. The first-order valence-corrected chi connectivity index (χ1v) is 39.7. The Labute approximate surface area is 91.1 Å². The molecule has 0 aliphatic rings. The van der Waals surface area contributed by atoms with Crippen LogP contribution in [0, 0.1) is 5.41 Å². The summed E-state index contributed by atoms with van der Waals surface area (Å²) < 4.78 is 0. The van der Waals surface area contributed by atoms with Gasteiger partial charge in [-0.25, -0.2) is 0 Å². The van der Waals surface area contributed by atoms with Crippen molar-refractivity contribution in [2.75, 3.05) is 7.05 Å². The number of halogens is 3. The Bertz CT molecular complexity index is 41.3. The van der Waals surface area contributed by atoms with Gasteiger partial charge < -0.3 is 11.5 Å². The number of rotatable bonds is 0. The molecule has 0 aliphatic carbocycles. The van der Waals surface area contributed by atoms with Gasteiger partial charge in [-0.1, -0.05) is 0 Å². The number of nitrogens with two attached hydrogens (primary N) is 2. The fourth-order valence-corrected chi connectivity index (χ4v) is 0. The van der Waals surface area contributed by atoms with Crippen molar-refractivity contribution in [2.24, 2.45) is 11.5 Å². The summed E-state index contributed by atoms with van der Waals surface area (Å²) in [4.78, 5) is 0. The molecule has 0 heterocycles. The molecule has 0 spiro atoms. The van der Waals surface area contributed by atoms with Gasteiger partial charge in [-0.15, -0.1) is 0 Å². The average Bonchev–Trinajstić information content (AvgIpc) is 1.71. The van der Waals surface area contributed by atoms with Gasteiger partial charge in [0.1, 0.15) is 0 Å². The summed E-state index contributed by atoms with van der Waals surface area (Å²) in [7, 11) is 0.688. The summed E-state index contributed by atoms with van der Waals surface area (Å²) in [5, 5.41) is 5.86. The maximum absolute atomic E-state index is 5.86. The fourth-order valence-electron chi connectivity index (χ4n) is 0. The Hall–Kier alpha value is 2.54. The third-order valence-electron chi connectivity index (χ3n) is 0. The molecule has 58 valence electrons. The van der Waals surface area contributed by atoms with E-state index in [0.717, 1.165) is 6.34 Å². The van der Waals surface area contributed by atoms with Crippen molar-refractivity contribution in [1.82, 2.24) is 0 Å². The van der Waals surface area contributed by atoms with Crippen LogP contribution in [0.2, 0.25) is 0 Å². The van der Waals surface area contributed by atoms with Crippen LogP contribution in [-0.2, 0) is 0 Å². The van der Waals surface area contributed by atoms with Crippen LogP contribution in [-0.4, -0.2) is 23.2 Å². The molecule has 0 fully saturated rings. The molecule has 5 N–H and O–H groups in total. The van der Waals surface area contributed by atoms with Crippen LogP contribution in [0.15, 0.2) is 0 Å². The van der Waals surface area contributed by atoms with Gasteiger partial charge in [0.2, 0.25) is 0 Å². The van der Waals surface area contributed by atoms with E-state index in [2.05, 4.69) is 64.8 Å². The predicted molar refractivity (Wildman–Crippen MR) is 72.3 cm³/mol. The Morgan fingerprint density at radius 2 is 1.33 bits per heavy atom. The molecular formula is C2H10I3N3Pb. The van der Waals surface area contributed by atoms with Crippen LogP contribution in [0.4, 0.5) is 0 Å². The molecule has 7 heteroatoms. The molecule has 0 atom stereocenters. The average molecular weight is 664 g/mol. The van der Waals surface area contributed by atoms with E-state index in [1.165, 1.54) is 7.05 Å². The first kappa shape index (κ1) is 17.6. The molecule has 9 heavy (non-hydrogen) atoms. The summed E-state index contributed by atoms with van der Waals surface area (Å²) in [6.07, 6.45) is 0.750. The molecule has 0 aliphatic heterocycles. The van der Waals surface area contributed by atoms with Crippen LogP contribution in [0.25, 0.3) is 0 Å². The van der Waals surface area contributed by atoms with Crippen LogP contribution in [0.1, 0.15) is 0 Å². The second kappa shape index (κ2) is 22.4. The van der Waals surface area contributed by atoms with Gasteiger partial charge in [0, 0.05) is 0 Å². The molecule has 0 radical (unpaired) electrons. The van der Waals surface area contributed by atoms with E-state index < -0.39 is 9.82 Å². The van der Waals surface area contributed by atoms with Gasteiger partial charge in [0.25, 0.3) is 0 Å². The Morgan fingerprint density at radius 1 is 1.33 bits per heavy atom. The topological polar surface area (TPSA) is 75.9 Å². The molecule has 3 nitrogen and oxygen atoms in total. The summed E-state index contributed by atoms with van der Waals surface area (Å²) in [5.74, 6) is 0. The second-order valence-electron chi connectivity index (χ2n) is 0.414. The summed E-state index contributed by atoms with van der Waals surface area (Å²) >= 11 is 7.62. The molecule has 0 aromatic carbocycles. The third kappa shape index (κ3) is 119. The van der Waals surface area contributed by atoms with E-state index in [9.17, 15) is 0 Å². The second-order valence-corrected chi connectivity index (χ2v) is 97.9. The van der Waals surface area contributed by atoms with E-state index in [1.807, 2.05) is 0 Å². The van der Waals surface area contributed by atoms with Crippen molar-refractivity contribution >= 4 is 69.4 Å². The molecule has 0 saturated carbocycles. The zero-order valence-corrected chi connectivity index (χ0v) is 15.9. The summed E-state index contributed by atoms with van der Waals surface area (Å²) in [6, 6.07) is 0. The van der Waals surface area contributed by atoms with Crippen LogP contribution >= 0.6 is 53.3 Å². The Morgan fingerprint density at radius 3 is 1.33 bits per heavy atom. The molecule has 0 amide bonds. The van der Waals surface area contributed by atoms with Crippen molar-refractivity contribution in [3.63, 3.8) is 0 Å². The quantitative estimate of drug-likeness (QED) is 0.158. The van der Waals surface area contributed by atoms with E-state index in [4.69, 9.17) is 5.41 Å². The van der Waals surface area contributed by atoms with Crippen LogP contribution in [0.5, 0.6) is 0 Å². The molecule has 0 saturated heterocycles. The van der Waals surface area contributed by atoms with E-state index in [-0.39, 0.29) is 0 Å². The third-order valence-corrected chi connectivity index (χ3v) is 0. The van der Waals surface area contributed by atoms with Crippen molar-refractivity contribution in [3.05, 3.63) is 0 Å². The van der Waals surface area contributed by atoms with Crippen LogP contribution < -0.4 is 11.5 Å². The van der Waals surface area contributed by atoms with Crippen molar-refractivity contribution in [3.8, 4) is 0 Å². The zero-order valence-electron chi connectivity index (χ0n) is 4.94. The number of hydrogen-bond acceptors (Lipinski definition) is 2. The molecule has 0 aromatic heterocycles.